The lowest BCUT2D eigenvalue weighted by atomic mass is 9.97. The predicted octanol–water partition coefficient (Wildman–Crippen LogP) is 6.72. The average Bonchev–Trinajstić information content (AvgIpc) is 4.02. The van der Waals surface area contributed by atoms with Crippen LogP contribution in [0.4, 0.5) is 4.79 Å². The Labute approximate surface area is 437 Å². The third-order valence-electron chi connectivity index (χ3n) is 13.6. The van der Waals surface area contributed by atoms with Crippen molar-refractivity contribution < 1.29 is 47.8 Å². The Balaban J connectivity index is 1.03. The van der Waals surface area contributed by atoms with Crippen molar-refractivity contribution >= 4 is 63.3 Å². The van der Waals surface area contributed by atoms with Gasteiger partial charge in [-0.25, -0.2) is 14.8 Å². The summed E-state index contributed by atoms with van der Waals surface area (Å²) in [7, 11) is 0. The number of nitrogens with zero attached hydrogens (tertiary/aromatic N) is 4. The van der Waals surface area contributed by atoms with Crippen LogP contribution in [-0.4, -0.2) is 111 Å². The number of carbonyl (C=O) groups is 7. The van der Waals surface area contributed by atoms with Gasteiger partial charge in [-0.3, -0.25) is 33.7 Å². The van der Waals surface area contributed by atoms with Crippen molar-refractivity contribution in [2.24, 2.45) is 11.7 Å². The molecule has 3 heterocycles. The minimum atomic E-state index is -1.05. The molecule has 75 heavy (non-hydrogen) atoms. The highest BCUT2D eigenvalue weighted by Gasteiger charge is 2.33. The first-order valence-corrected chi connectivity index (χ1v) is 26.1. The number of amides is 6. The Hall–Kier alpha value is -7.31. The van der Waals surface area contributed by atoms with E-state index in [0.717, 1.165) is 33.2 Å². The van der Waals surface area contributed by atoms with Crippen LogP contribution in [0.3, 0.4) is 0 Å². The molecule has 2 aromatic heterocycles. The minimum Gasteiger partial charge on any atom is -0.449 e. The molecule has 0 saturated carbocycles. The van der Waals surface area contributed by atoms with Crippen LogP contribution in [0, 0.1) is 5.92 Å². The number of rotatable bonds is 29. The van der Waals surface area contributed by atoms with Gasteiger partial charge in [-0.1, -0.05) is 93.4 Å². The Morgan fingerprint density at radius 2 is 1.48 bits per heavy atom. The van der Waals surface area contributed by atoms with Gasteiger partial charge in [-0.2, -0.15) is 0 Å². The van der Waals surface area contributed by atoms with Gasteiger partial charge in [-0.15, -0.1) is 0 Å². The summed E-state index contributed by atoms with van der Waals surface area (Å²) in [6, 6.07) is 21.6. The summed E-state index contributed by atoms with van der Waals surface area (Å²) in [4.78, 5) is 102. The minimum absolute atomic E-state index is 0.0607. The van der Waals surface area contributed by atoms with Crippen LogP contribution in [-0.2, 0) is 62.6 Å². The highest BCUT2D eigenvalue weighted by atomic mass is 16.5. The van der Waals surface area contributed by atoms with Crippen molar-refractivity contribution in [3.63, 3.8) is 0 Å². The molecule has 3 aromatic carbocycles. The summed E-state index contributed by atoms with van der Waals surface area (Å²) in [5, 5.41) is 9.42. The van der Waals surface area contributed by atoms with E-state index in [1.54, 1.807) is 13.8 Å². The fourth-order valence-corrected chi connectivity index (χ4v) is 9.77. The van der Waals surface area contributed by atoms with Crippen molar-refractivity contribution in [2.75, 3.05) is 32.9 Å². The van der Waals surface area contributed by atoms with Gasteiger partial charge in [0.2, 0.25) is 17.7 Å². The summed E-state index contributed by atoms with van der Waals surface area (Å²) >= 11 is 0. The topological polar surface area (TPSA) is 243 Å². The summed E-state index contributed by atoms with van der Waals surface area (Å²) < 4.78 is 20.2. The van der Waals surface area contributed by atoms with Crippen molar-refractivity contribution in [3.05, 3.63) is 108 Å². The number of nitrogens with two attached hydrogens (primary N) is 1. The first-order chi connectivity index (χ1) is 36.0. The molecule has 2 atom stereocenters. The van der Waals surface area contributed by atoms with Gasteiger partial charge in [-0.05, 0) is 80.7 Å². The molecule has 7 rings (SSSR count). The summed E-state index contributed by atoms with van der Waals surface area (Å²) in [6.07, 6.45) is 4.92. The highest BCUT2D eigenvalue weighted by Crippen LogP contribution is 2.44. The number of hydrogen-bond donors (Lipinski definition) is 4. The van der Waals surface area contributed by atoms with Crippen molar-refractivity contribution in [1.82, 2.24) is 35.4 Å². The first kappa shape index (κ1) is 55.4. The Morgan fingerprint density at radius 3 is 2.16 bits per heavy atom. The molecule has 18 nitrogen and oxygen atoms in total. The third kappa shape index (κ3) is 14.3. The van der Waals surface area contributed by atoms with Gasteiger partial charge in [0.15, 0.2) is 5.78 Å². The molecule has 398 valence electrons. The zero-order valence-electron chi connectivity index (χ0n) is 43.7. The highest BCUT2D eigenvalue weighted by molar-refractivity contribution is 6.13. The third-order valence-corrected chi connectivity index (χ3v) is 13.6. The normalized spacial score (nSPS) is 14.1. The SMILES string of the molecule is CCOCc1nc2c(CC(=O)[C@H](CCCCC(N)=O)NC(=O)[C@@H](NC(=O)OCC3c4ccccc4-c4ccccc43)C(C)C)nc3ccccc3c2n1CC(C)(C)OCCNC(=O)CCCCCN1C(=O)C=CC1=O. The van der Waals surface area contributed by atoms with Crippen molar-refractivity contribution in [2.45, 2.75) is 129 Å². The number of nitrogens with one attached hydrogen (secondary N) is 3. The van der Waals surface area contributed by atoms with Crippen LogP contribution in [0.15, 0.2) is 84.9 Å². The molecule has 0 radical (unpaired) electrons. The van der Waals surface area contributed by atoms with E-state index in [-0.39, 0.29) is 81.0 Å². The number of ether oxygens (including phenoxy) is 3. The molecular weight excluding hydrogens is 957 g/mol. The lowest BCUT2D eigenvalue weighted by Gasteiger charge is -2.27. The van der Waals surface area contributed by atoms with Crippen LogP contribution >= 0.6 is 0 Å². The number of para-hydroxylation sites is 1. The van der Waals surface area contributed by atoms with Gasteiger partial charge in [0.1, 0.15) is 30.6 Å². The lowest BCUT2D eigenvalue weighted by Crippen LogP contribution is -2.54. The predicted molar refractivity (Wildman–Crippen MR) is 283 cm³/mol. The molecular formula is C57H70N8O10. The van der Waals surface area contributed by atoms with E-state index in [1.165, 1.54) is 17.1 Å². The Bertz CT molecular complexity index is 2860. The molecule has 0 unspecified atom stereocenters. The van der Waals surface area contributed by atoms with E-state index in [4.69, 9.17) is 29.9 Å². The number of aromatic nitrogens is 3. The molecule has 5 N–H and O–H groups in total. The molecule has 5 aromatic rings. The second kappa shape index (κ2) is 25.8. The number of pyridine rings is 1. The van der Waals surface area contributed by atoms with E-state index in [9.17, 15) is 33.6 Å². The molecule has 0 bridgehead atoms. The lowest BCUT2D eigenvalue weighted by molar-refractivity contribution is -0.137. The maximum atomic E-state index is 14.7. The number of Topliss-reactive ketones (excluding diaryl/α,β-unsaturated/α-hetero) is 1. The number of fused-ring (bicyclic) bond motifs is 6. The molecule has 0 saturated heterocycles. The van der Waals surface area contributed by atoms with Gasteiger partial charge in [0.05, 0.1) is 47.9 Å². The standard InChI is InChI=1S/C57H70N8O10/c1-6-73-34-48-62-53-45(60-43-23-14-13-22-41(43)54(53)65(48)35-57(4,5)75-31-29-59-49(68)26-8-7-17-30-64-50(69)27-28-51(64)70)32-46(66)44(24-15-16-25-47(58)67)61-55(71)52(36(2)3)63-56(72)74-33-42-39-20-11-9-18-37(39)38-19-10-12-21-40(38)42/h9-14,18-23,27-28,36,42,44,52H,6-8,15-17,24-26,29-35H2,1-5H3,(H2,58,67)(H,59,68)(H,61,71)(H,63,72)/t44-,52-/m0/s1. The average molecular weight is 1030 g/mol. The Morgan fingerprint density at radius 1 is 0.813 bits per heavy atom. The number of hydrogen-bond acceptors (Lipinski definition) is 12. The summed E-state index contributed by atoms with van der Waals surface area (Å²) in [5.74, 6) is -2.08. The largest absolute Gasteiger partial charge is 0.449 e. The second-order valence-electron chi connectivity index (χ2n) is 20.1. The fourth-order valence-electron chi connectivity index (χ4n) is 9.77. The molecule has 0 fully saturated rings. The number of ketones is 1. The van der Waals surface area contributed by atoms with E-state index < -0.39 is 35.6 Å². The smallest absolute Gasteiger partial charge is 0.407 e. The van der Waals surface area contributed by atoms with E-state index in [0.29, 0.717) is 80.8 Å². The first-order valence-electron chi connectivity index (χ1n) is 26.1. The van der Waals surface area contributed by atoms with E-state index in [1.807, 2.05) is 86.0 Å². The maximum absolute atomic E-state index is 14.7. The number of primary amides is 1. The van der Waals surface area contributed by atoms with E-state index in [2.05, 4.69) is 28.1 Å². The number of unbranched alkanes of at least 4 members (excludes halogenated alkanes) is 3. The number of carbonyl (C=O) groups excluding carboxylic acids is 7. The van der Waals surface area contributed by atoms with E-state index >= 15 is 0 Å². The number of imide groups is 1. The molecule has 6 amide bonds. The van der Waals surface area contributed by atoms with Crippen LogP contribution < -0.4 is 21.7 Å². The maximum Gasteiger partial charge on any atom is 0.407 e. The molecule has 0 spiro atoms. The zero-order chi connectivity index (χ0) is 53.6. The summed E-state index contributed by atoms with van der Waals surface area (Å²) in [6.45, 7) is 11.2. The fraction of sp³-hybridized carbons (Fsp3) is 0.456. The number of benzene rings is 3. The van der Waals surface area contributed by atoms with Gasteiger partial charge in [0.25, 0.3) is 11.8 Å². The van der Waals surface area contributed by atoms with Gasteiger partial charge in [0, 0.05) is 56.0 Å². The monoisotopic (exact) mass is 1030 g/mol. The number of alkyl carbamates (subject to hydrolysis) is 1. The van der Waals surface area contributed by atoms with Gasteiger partial charge < -0.3 is 40.5 Å². The quantitative estimate of drug-likeness (QED) is 0.0288. The number of imidazole rings is 1. The molecule has 1 aliphatic carbocycles. The van der Waals surface area contributed by atoms with Gasteiger partial charge >= 0.3 is 6.09 Å². The molecule has 2 aliphatic rings. The second-order valence-corrected chi connectivity index (χ2v) is 20.1. The van der Waals surface area contributed by atoms with Crippen LogP contribution in [0.1, 0.15) is 115 Å². The summed E-state index contributed by atoms with van der Waals surface area (Å²) in [5.41, 5.74) is 11.2. The molecule has 1 aliphatic heterocycles. The zero-order valence-corrected chi connectivity index (χ0v) is 43.7. The van der Waals surface area contributed by atoms with Crippen LogP contribution in [0.2, 0.25) is 0 Å². The Kier molecular flexibility index (Phi) is 19.0. The molecule has 18 heteroatoms. The van der Waals surface area contributed by atoms with Crippen molar-refractivity contribution in [1.29, 1.82) is 0 Å². The van der Waals surface area contributed by atoms with Crippen LogP contribution in [0.25, 0.3) is 33.1 Å². The van der Waals surface area contributed by atoms with Crippen molar-refractivity contribution in [3.8, 4) is 11.1 Å². The van der Waals surface area contributed by atoms with Crippen LogP contribution in [0.5, 0.6) is 0 Å².